The SMILES string of the molecule is CCCS(=O)(=O)NC1CCN(C(=O)C2CC3CCC2C3)CC1. The number of rotatable bonds is 5. The second kappa shape index (κ2) is 6.48. The van der Waals surface area contributed by atoms with Gasteiger partial charge < -0.3 is 4.90 Å². The van der Waals surface area contributed by atoms with Gasteiger partial charge in [0.2, 0.25) is 15.9 Å². The summed E-state index contributed by atoms with van der Waals surface area (Å²) < 4.78 is 26.4. The molecule has 6 heteroatoms. The maximum atomic E-state index is 12.7. The second-order valence-electron chi connectivity index (χ2n) is 7.32. The van der Waals surface area contributed by atoms with Gasteiger partial charge in [0.15, 0.2) is 0 Å². The van der Waals surface area contributed by atoms with Crippen molar-refractivity contribution in [2.45, 2.75) is 57.9 Å². The first-order chi connectivity index (χ1) is 10.5. The van der Waals surface area contributed by atoms with Gasteiger partial charge in [-0.15, -0.1) is 0 Å². The van der Waals surface area contributed by atoms with Crippen molar-refractivity contribution < 1.29 is 13.2 Å². The van der Waals surface area contributed by atoms with Crippen LogP contribution in [-0.2, 0) is 14.8 Å². The fraction of sp³-hybridized carbons (Fsp3) is 0.938. The number of carbonyl (C=O) groups is 1. The van der Waals surface area contributed by atoms with Crippen LogP contribution >= 0.6 is 0 Å². The van der Waals surface area contributed by atoms with E-state index in [0.717, 1.165) is 25.2 Å². The molecule has 5 nitrogen and oxygen atoms in total. The molecule has 2 saturated carbocycles. The molecule has 3 rings (SSSR count). The van der Waals surface area contributed by atoms with Gasteiger partial charge in [0.05, 0.1) is 5.75 Å². The minimum absolute atomic E-state index is 0.000583. The Labute approximate surface area is 133 Å². The molecule has 3 fully saturated rings. The maximum Gasteiger partial charge on any atom is 0.225 e. The molecule has 1 N–H and O–H groups in total. The standard InChI is InChI=1S/C16H28N2O3S/c1-2-9-22(20,21)17-14-5-7-18(8-6-14)16(19)15-11-12-3-4-13(15)10-12/h12-15,17H,2-11H2,1H3. The minimum atomic E-state index is -3.15. The third kappa shape index (κ3) is 3.48. The highest BCUT2D eigenvalue weighted by Gasteiger charge is 2.44. The molecule has 2 bridgehead atoms. The molecule has 0 spiro atoms. The van der Waals surface area contributed by atoms with Gasteiger partial charge in [-0.05, 0) is 50.4 Å². The molecule has 1 amide bonds. The van der Waals surface area contributed by atoms with Crippen LogP contribution in [0.15, 0.2) is 0 Å². The quantitative estimate of drug-likeness (QED) is 0.836. The Bertz CT molecular complexity index is 511. The van der Waals surface area contributed by atoms with E-state index in [-0.39, 0.29) is 17.7 Å². The number of fused-ring (bicyclic) bond motifs is 2. The minimum Gasteiger partial charge on any atom is -0.342 e. The second-order valence-corrected chi connectivity index (χ2v) is 9.19. The highest BCUT2D eigenvalue weighted by atomic mass is 32.2. The van der Waals surface area contributed by atoms with Crippen LogP contribution in [0.2, 0.25) is 0 Å². The molecule has 2 aliphatic carbocycles. The molecule has 1 saturated heterocycles. The molecule has 0 aromatic heterocycles. The lowest BCUT2D eigenvalue weighted by molar-refractivity contribution is -0.138. The summed E-state index contributed by atoms with van der Waals surface area (Å²) in [6.07, 6.45) is 7.02. The summed E-state index contributed by atoms with van der Waals surface area (Å²) in [7, 11) is -3.15. The van der Waals surface area contributed by atoms with Crippen molar-refractivity contribution in [1.82, 2.24) is 9.62 Å². The van der Waals surface area contributed by atoms with Crippen molar-refractivity contribution in [2.75, 3.05) is 18.8 Å². The zero-order valence-corrected chi connectivity index (χ0v) is 14.3. The van der Waals surface area contributed by atoms with Crippen molar-refractivity contribution in [3.8, 4) is 0 Å². The number of piperidine rings is 1. The number of hydrogen-bond donors (Lipinski definition) is 1. The molecule has 22 heavy (non-hydrogen) atoms. The van der Waals surface area contributed by atoms with Gasteiger partial charge in [-0.3, -0.25) is 4.79 Å². The summed E-state index contributed by atoms with van der Waals surface area (Å²) in [6.45, 7) is 3.27. The summed E-state index contributed by atoms with van der Waals surface area (Å²) in [5.74, 6) is 2.20. The van der Waals surface area contributed by atoms with E-state index in [9.17, 15) is 13.2 Å². The Morgan fingerprint density at radius 1 is 1.14 bits per heavy atom. The van der Waals surface area contributed by atoms with Gasteiger partial charge in [-0.1, -0.05) is 13.3 Å². The predicted molar refractivity (Wildman–Crippen MR) is 85.8 cm³/mol. The molecular formula is C16H28N2O3S. The van der Waals surface area contributed by atoms with E-state index in [1.54, 1.807) is 0 Å². The Hall–Kier alpha value is -0.620. The average molecular weight is 328 g/mol. The molecule has 3 unspecified atom stereocenters. The van der Waals surface area contributed by atoms with Crippen molar-refractivity contribution >= 4 is 15.9 Å². The molecule has 0 aromatic carbocycles. The van der Waals surface area contributed by atoms with Crippen molar-refractivity contribution in [2.24, 2.45) is 17.8 Å². The molecule has 1 aliphatic heterocycles. The van der Waals surface area contributed by atoms with E-state index in [0.29, 0.717) is 31.3 Å². The van der Waals surface area contributed by atoms with E-state index in [4.69, 9.17) is 0 Å². The molecule has 126 valence electrons. The lowest BCUT2D eigenvalue weighted by Gasteiger charge is -2.35. The molecule has 3 atom stereocenters. The highest BCUT2D eigenvalue weighted by Crippen LogP contribution is 2.49. The summed E-state index contributed by atoms with van der Waals surface area (Å²) >= 11 is 0. The highest BCUT2D eigenvalue weighted by molar-refractivity contribution is 7.89. The third-order valence-electron chi connectivity index (χ3n) is 5.68. The van der Waals surface area contributed by atoms with Gasteiger partial charge in [0.1, 0.15) is 0 Å². The molecule has 1 heterocycles. The normalized spacial score (nSPS) is 32.6. The summed E-state index contributed by atoms with van der Waals surface area (Å²) in [4.78, 5) is 14.7. The van der Waals surface area contributed by atoms with Crippen molar-refractivity contribution in [3.05, 3.63) is 0 Å². The Morgan fingerprint density at radius 3 is 2.41 bits per heavy atom. The summed E-state index contributed by atoms with van der Waals surface area (Å²) in [6, 6.07) is 0.000583. The van der Waals surface area contributed by atoms with E-state index in [2.05, 4.69) is 4.72 Å². The largest absolute Gasteiger partial charge is 0.342 e. The topological polar surface area (TPSA) is 66.5 Å². The van der Waals surface area contributed by atoms with Crippen LogP contribution in [0.4, 0.5) is 0 Å². The van der Waals surface area contributed by atoms with Crippen LogP contribution in [0.5, 0.6) is 0 Å². The summed E-state index contributed by atoms with van der Waals surface area (Å²) in [5.41, 5.74) is 0. The van der Waals surface area contributed by atoms with Gasteiger partial charge in [-0.25, -0.2) is 13.1 Å². The van der Waals surface area contributed by atoms with E-state index in [1.165, 1.54) is 19.3 Å². The predicted octanol–water partition coefficient (Wildman–Crippen LogP) is 1.74. The molecular weight excluding hydrogens is 300 g/mol. The first-order valence-corrected chi connectivity index (χ1v) is 10.4. The Balaban J connectivity index is 1.48. The number of nitrogens with one attached hydrogen (secondary N) is 1. The number of likely N-dealkylation sites (tertiary alicyclic amines) is 1. The van der Waals surface area contributed by atoms with E-state index < -0.39 is 10.0 Å². The van der Waals surface area contributed by atoms with Crippen LogP contribution in [0.1, 0.15) is 51.9 Å². The maximum absolute atomic E-state index is 12.7. The molecule has 3 aliphatic rings. The van der Waals surface area contributed by atoms with Gasteiger partial charge >= 0.3 is 0 Å². The fourth-order valence-corrected chi connectivity index (χ4v) is 5.98. The van der Waals surface area contributed by atoms with Crippen LogP contribution in [0.3, 0.4) is 0 Å². The number of nitrogens with zero attached hydrogens (tertiary/aromatic N) is 1. The fourth-order valence-electron chi connectivity index (χ4n) is 4.58. The third-order valence-corrected chi connectivity index (χ3v) is 7.32. The zero-order chi connectivity index (χ0) is 15.7. The van der Waals surface area contributed by atoms with Gasteiger partial charge in [-0.2, -0.15) is 0 Å². The van der Waals surface area contributed by atoms with Crippen molar-refractivity contribution in [3.63, 3.8) is 0 Å². The Morgan fingerprint density at radius 2 is 1.86 bits per heavy atom. The zero-order valence-electron chi connectivity index (χ0n) is 13.5. The number of carbonyl (C=O) groups excluding carboxylic acids is 1. The number of amides is 1. The Kier molecular flexibility index (Phi) is 4.78. The van der Waals surface area contributed by atoms with Crippen LogP contribution in [0, 0.1) is 17.8 Å². The van der Waals surface area contributed by atoms with E-state index >= 15 is 0 Å². The molecule has 0 aromatic rings. The van der Waals surface area contributed by atoms with Crippen LogP contribution < -0.4 is 4.72 Å². The summed E-state index contributed by atoms with van der Waals surface area (Å²) in [5, 5.41) is 0. The van der Waals surface area contributed by atoms with Gasteiger partial charge in [0.25, 0.3) is 0 Å². The van der Waals surface area contributed by atoms with Gasteiger partial charge in [0, 0.05) is 25.0 Å². The smallest absolute Gasteiger partial charge is 0.225 e. The lowest BCUT2D eigenvalue weighted by Crippen LogP contribution is -2.48. The number of hydrogen-bond acceptors (Lipinski definition) is 3. The van der Waals surface area contributed by atoms with Crippen molar-refractivity contribution in [1.29, 1.82) is 0 Å². The van der Waals surface area contributed by atoms with Crippen LogP contribution in [-0.4, -0.2) is 44.1 Å². The molecule has 0 radical (unpaired) electrons. The average Bonchev–Trinajstić information content (AvgIpc) is 3.09. The first kappa shape index (κ1) is 16.2. The monoisotopic (exact) mass is 328 g/mol. The lowest BCUT2D eigenvalue weighted by atomic mass is 9.87. The number of sulfonamides is 1. The first-order valence-electron chi connectivity index (χ1n) is 8.77. The van der Waals surface area contributed by atoms with E-state index in [1.807, 2.05) is 11.8 Å². The van der Waals surface area contributed by atoms with Crippen LogP contribution in [0.25, 0.3) is 0 Å².